The Kier molecular flexibility index (Phi) is 8.66. The fourth-order valence-corrected chi connectivity index (χ4v) is 3.68. The quantitative estimate of drug-likeness (QED) is 0.400. The Bertz CT molecular complexity index is 612. The van der Waals surface area contributed by atoms with E-state index >= 15 is 0 Å². The summed E-state index contributed by atoms with van der Waals surface area (Å²) in [5.74, 6) is 0.884. The molecule has 0 aromatic carbocycles. The number of thiazole rings is 1. The molecule has 0 spiro atoms. The van der Waals surface area contributed by atoms with Gasteiger partial charge in [-0.1, -0.05) is 11.6 Å². The molecular formula is C14H20ClIN4S2. The molecule has 0 fully saturated rings. The number of rotatable bonds is 5. The Balaban J connectivity index is 0.00000242. The smallest absolute Gasteiger partial charge is 0.194 e. The molecule has 2 aromatic rings. The maximum Gasteiger partial charge on any atom is 0.194 e. The number of halogens is 2. The maximum atomic E-state index is 5.98. The van der Waals surface area contributed by atoms with Crippen molar-refractivity contribution in [2.75, 3.05) is 13.6 Å². The summed E-state index contributed by atoms with van der Waals surface area (Å²) in [5.41, 5.74) is 0. The molecule has 4 nitrogen and oxygen atoms in total. The highest BCUT2D eigenvalue weighted by Gasteiger charge is 2.08. The Morgan fingerprint density at radius 2 is 2.18 bits per heavy atom. The lowest BCUT2D eigenvalue weighted by atomic mass is 10.4. The molecular weight excluding hydrogens is 451 g/mol. The summed E-state index contributed by atoms with van der Waals surface area (Å²) < 4.78 is 0.818. The molecule has 2 heterocycles. The molecule has 2 aromatic heterocycles. The lowest BCUT2D eigenvalue weighted by Gasteiger charge is -2.21. The van der Waals surface area contributed by atoms with Gasteiger partial charge in [-0.15, -0.1) is 46.7 Å². The third-order valence-corrected chi connectivity index (χ3v) is 4.86. The molecule has 0 aliphatic rings. The minimum atomic E-state index is 0. The van der Waals surface area contributed by atoms with E-state index in [1.807, 2.05) is 19.3 Å². The lowest BCUT2D eigenvalue weighted by molar-refractivity contribution is 0.481. The van der Waals surface area contributed by atoms with Crippen molar-refractivity contribution in [2.45, 2.75) is 26.9 Å². The van der Waals surface area contributed by atoms with Crippen molar-refractivity contribution in [1.82, 2.24) is 15.2 Å². The van der Waals surface area contributed by atoms with Crippen molar-refractivity contribution in [3.8, 4) is 0 Å². The van der Waals surface area contributed by atoms with Gasteiger partial charge < -0.3 is 10.2 Å². The molecule has 0 aliphatic carbocycles. The molecule has 1 N–H and O–H groups in total. The number of nitrogens with zero attached hydrogens (tertiary/aromatic N) is 3. The second kappa shape index (κ2) is 9.69. The van der Waals surface area contributed by atoms with E-state index in [4.69, 9.17) is 11.6 Å². The van der Waals surface area contributed by atoms with Crippen molar-refractivity contribution in [1.29, 1.82) is 0 Å². The number of hydrogen-bond acceptors (Lipinski definition) is 4. The van der Waals surface area contributed by atoms with Gasteiger partial charge in [0.2, 0.25) is 0 Å². The number of nitrogens with one attached hydrogen (secondary N) is 1. The van der Waals surface area contributed by atoms with Crippen LogP contribution in [0.2, 0.25) is 4.34 Å². The first-order valence-electron chi connectivity index (χ1n) is 6.73. The summed E-state index contributed by atoms with van der Waals surface area (Å²) in [7, 11) is 2.03. The van der Waals surface area contributed by atoms with Crippen molar-refractivity contribution in [2.24, 2.45) is 4.99 Å². The lowest BCUT2D eigenvalue weighted by Crippen LogP contribution is -2.38. The van der Waals surface area contributed by atoms with E-state index in [0.29, 0.717) is 6.54 Å². The van der Waals surface area contributed by atoms with Gasteiger partial charge in [-0.25, -0.2) is 9.98 Å². The maximum absolute atomic E-state index is 5.98. The van der Waals surface area contributed by atoms with Crippen LogP contribution in [0.1, 0.15) is 21.7 Å². The van der Waals surface area contributed by atoms with Crippen LogP contribution in [0.4, 0.5) is 0 Å². The van der Waals surface area contributed by atoms with Gasteiger partial charge in [-0.05, 0) is 26.0 Å². The van der Waals surface area contributed by atoms with Crippen LogP contribution in [0.3, 0.4) is 0 Å². The molecule has 2 rings (SSSR count). The molecule has 0 atom stereocenters. The van der Waals surface area contributed by atoms with E-state index in [1.54, 1.807) is 22.7 Å². The minimum absolute atomic E-state index is 0. The first kappa shape index (κ1) is 19.7. The van der Waals surface area contributed by atoms with Crippen LogP contribution in [0.5, 0.6) is 0 Å². The SMILES string of the molecule is CCNC(=NCc1ncc(C)s1)N(C)Cc1ccc(Cl)s1.I. The average molecular weight is 471 g/mol. The summed E-state index contributed by atoms with van der Waals surface area (Å²) >= 11 is 9.26. The van der Waals surface area contributed by atoms with Crippen molar-refractivity contribution < 1.29 is 0 Å². The van der Waals surface area contributed by atoms with Gasteiger partial charge in [0.1, 0.15) is 5.01 Å². The van der Waals surface area contributed by atoms with Crippen LogP contribution in [0.15, 0.2) is 23.3 Å². The third kappa shape index (κ3) is 6.02. The van der Waals surface area contributed by atoms with Gasteiger partial charge in [-0.2, -0.15) is 0 Å². The number of thiophene rings is 1. The zero-order chi connectivity index (χ0) is 15.2. The summed E-state index contributed by atoms with van der Waals surface area (Å²) in [4.78, 5) is 13.5. The summed E-state index contributed by atoms with van der Waals surface area (Å²) in [5, 5.41) is 4.35. The fourth-order valence-electron chi connectivity index (χ4n) is 1.83. The van der Waals surface area contributed by atoms with Crippen molar-refractivity contribution in [3.05, 3.63) is 37.4 Å². The zero-order valence-electron chi connectivity index (χ0n) is 12.8. The molecule has 0 unspecified atom stereocenters. The van der Waals surface area contributed by atoms with Gasteiger partial charge in [0.15, 0.2) is 5.96 Å². The highest BCUT2D eigenvalue weighted by molar-refractivity contribution is 14.0. The first-order chi connectivity index (χ1) is 10.1. The molecule has 8 heteroatoms. The predicted molar refractivity (Wildman–Crippen MR) is 108 cm³/mol. The highest BCUT2D eigenvalue weighted by atomic mass is 127. The van der Waals surface area contributed by atoms with Crippen LogP contribution in [-0.4, -0.2) is 29.4 Å². The summed E-state index contributed by atoms with van der Waals surface area (Å²) in [6.07, 6.45) is 1.89. The van der Waals surface area contributed by atoms with Crippen LogP contribution in [-0.2, 0) is 13.1 Å². The van der Waals surface area contributed by atoms with Gasteiger partial charge in [-0.3, -0.25) is 0 Å². The number of hydrogen-bond donors (Lipinski definition) is 1. The topological polar surface area (TPSA) is 40.5 Å². The van der Waals surface area contributed by atoms with E-state index in [1.165, 1.54) is 9.75 Å². The molecule has 0 saturated carbocycles. The molecule has 0 radical (unpaired) electrons. The normalized spacial score (nSPS) is 11.2. The van der Waals surface area contributed by atoms with E-state index in [9.17, 15) is 0 Å². The molecule has 122 valence electrons. The van der Waals surface area contributed by atoms with Crippen LogP contribution in [0, 0.1) is 6.92 Å². The molecule has 0 aliphatic heterocycles. The van der Waals surface area contributed by atoms with E-state index in [-0.39, 0.29) is 24.0 Å². The Hall–Kier alpha value is -0.380. The van der Waals surface area contributed by atoms with Crippen LogP contribution < -0.4 is 5.32 Å². The highest BCUT2D eigenvalue weighted by Crippen LogP contribution is 2.22. The zero-order valence-corrected chi connectivity index (χ0v) is 17.5. The summed E-state index contributed by atoms with van der Waals surface area (Å²) in [6.45, 7) is 6.36. The molecule has 0 amide bonds. The van der Waals surface area contributed by atoms with Gasteiger partial charge in [0, 0.05) is 29.5 Å². The van der Waals surface area contributed by atoms with Gasteiger partial charge >= 0.3 is 0 Å². The largest absolute Gasteiger partial charge is 0.357 e. The second-order valence-corrected chi connectivity index (χ2v) is 7.72. The minimum Gasteiger partial charge on any atom is -0.357 e. The number of aryl methyl sites for hydroxylation is 1. The van der Waals surface area contributed by atoms with E-state index in [0.717, 1.165) is 28.4 Å². The van der Waals surface area contributed by atoms with E-state index in [2.05, 4.69) is 40.1 Å². The summed E-state index contributed by atoms with van der Waals surface area (Å²) in [6, 6.07) is 3.98. The Morgan fingerprint density at radius 1 is 1.41 bits per heavy atom. The fraction of sp³-hybridized carbons (Fsp3) is 0.429. The van der Waals surface area contributed by atoms with Crippen LogP contribution in [0.25, 0.3) is 0 Å². The number of aromatic nitrogens is 1. The number of aliphatic imine (C=N–C) groups is 1. The third-order valence-electron chi connectivity index (χ3n) is 2.75. The average Bonchev–Trinajstić information content (AvgIpc) is 3.03. The van der Waals surface area contributed by atoms with E-state index < -0.39 is 0 Å². The molecule has 0 saturated heterocycles. The molecule has 22 heavy (non-hydrogen) atoms. The van der Waals surface area contributed by atoms with Crippen LogP contribution >= 0.6 is 58.3 Å². The number of guanidine groups is 1. The first-order valence-corrected chi connectivity index (χ1v) is 8.74. The Labute approximate surface area is 161 Å². The van der Waals surface area contributed by atoms with Gasteiger partial charge in [0.05, 0.1) is 17.4 Å². The molecule has 0 bridgehead atoms. The van der Waals surface area contributed by atoms with Crippen molar-refractivity contribution >= 4 is 64.2 Å². The standard InChI is InChI=1S/C14H19ClN4S2.HI/c1-4-16-14(18-8-13-17-7-10(2)20-13)19(3)9-11-5-6-12(15)21-11;/h5-7H,4,8-9H2,1-3H3,(H,16,18);1H. The van der Waals surface area contributed by atoms with Crippen molar-refractivity contribution in [3.63, 3.8) is 0 Å². The second-order valence-electron chi connectivity index (χ2n) is 4.60. The monoisotopic (exact) mass is 470 g/mol. The van der Waals surface area contributed by atoms with Gasteiger partial charge in [0.25, 0.3) is 0 Å². The predicted octanol–water partition coefficient (Wildman–Crippen LogP) is 4.38. The Morgan fingerprint density at radius 3 is 2.73 bits per heavy atom.